The minimum absolute atomic E-state index is 0.656. The van der Waals surface area contributed by atoms with Gasteiger partial charge in [0.05, 0.1) is 0 Å². The molecule has 0 aliphatic carbocycles. The molecule has 1 nitrogen and oxygen atoms in total. The molecule has 18 heavy (non-hydrogen) atoms. The van der Waals surface area contributed by atoms with Crippen LogP contribution in [0.2, 0.25) is 0 Å². The van der Waals surface area contributed by atoms with E-state index in [0.29, 0.717) is 6.54 Å². The summed E-state index contributed by atoms with van der Waals surface area (Å²) in [6.45, 7) is 2.75. The van der Waals surface area contributed by atoms with Crippen LogP contribution in [-0.2, 0) is 6.42 Å². The van der Waals surface area contributed by atoms with E-state index in [9.17, 15) is 0 Å². The molecule has 90 valence electrons. The van der Waals surface area contributed by atoms with Crippen molar-refractivity contribution in [2.45, 2.75) is 13.3 Å². The molecule has 1 heteroatoms. The van der Waals surface area contributed by atoms with Crippen molar-refractivity contribution in [2.75, 3.05) is 6.54 Å². The first kappa shape index (κ1) is 12.4. The van der Waals surface area contributed by atoms with Gasteiger partial charge in [-0.15, -0.1) is 0 Å². The Bertz CT molecular complexity index is 574. The molecule has 0 fully saturated rings. The zero-order valence-electron chi connectivity index (χ0n) is 10.6. The molecule has 0 amide bonds. The van der Waals surface area contributed by atoms with Gasteiger partial charge in [-0.05, 0) is 43.1 Å². The molecule has 0 aliphatic heterocycles. The molecule has 0 spiro atoms. The summed E-state index contributed by atoms with van der Waals surface area (Å²) in [5.41, 5.74) is 10.2. The topological polar surface area (TPSA) is 26.0 Å². The van der Waals surface area contributed by atoms with Crippen LogP contribution in [0.15, 0.2) is 48.5 Å². The Morgan fingerprint density at radius 2 is 1.72 bits per heavy atom. The van der Waals surface area contributed by atoms with Crippen LogP contribution < -0.4 is 5.73 Å². The summed E-state index contributed by atoms with van der Waals surface area (Å²) in [6, 6.07) is 16.3. The highest BCUT2D eigenvalue weighted by molar-refractivity contribution is 5.50. The lowest BCUT2D eigenvalue weighted by Crippen LogP contribution is -2.05. The maximum Gasteiger partial charge on any atom is 0.0310 e. The van der Waals surface area contributed by atoms with E-state index in [2.05, 4.69) is 37.0 Å². The lowest BCUT2D eigenvalue weighted by Gasteiger charge is -2.05. The van der Waals surface area contributed by atoms with Gasteiger partial charge in [0.25, 0.3) is 0 Å². The van der Waals surface area contributed by atoms with Crippen LogP contribution in [0.4, 0.5) is 0 Å². The summed E-state index contributed by atoms with van der Waals surface area (Å²) in [5.74, 6) is 6.49. The highest BCUT2D eigenvalue weighted by Gasteiger charge is 2.01. The first-order valence-corrected chi connectivity index (χ1v) is 6.17. The highest BCUT2D eigenvalue weighted by Crippen LogP contribution is 2.13. The first-order chi connectivity index (χ1) is 8.81. The fourth-order valence-electron chi connectivity index (χ4n) is 1.93. The summed E-state index contributed by atoms with van der Waals surface area (Å²) in [4.78, 5) is 0. The van der Waals surface area contributed by atoms with Crippen LogP contribution >= 0.6 is 0 Å². The number of rotatable bonds is 2. The maximum absolute atomic E-state index is 5.64. The van der Waals surface area contributed by atoms with Crippen molar-refractivity contribution in [3.63, 3.8) is 0 Å². The van der Waals surface area contributed by atoms with E-state index in [1.807, 2.05) is 30.3 Å². The molecular formula is C17H17N. The molecule has 0 atom stereocenters. The predicted molar refractivity (Wildman–Crippen MR) is 76.4 cm³/mol. The maximum atomic E-state index is 5.64. The van der Waals surface area contributed by atoms with E-state index in [0.717, 1.165) is 17.5 Å². The Balaban J connectivity index is 2.37. The lowest BCUT2D eigenvalue weighted by atomic mass is 9.99. The van der Waals surface area contributed by atoms with E-state index in [4.69, 9.17) is 5.73 Å². The van der Waals surface area contributed by atoms with Crippen molar-refractivity contribution in [3.8, 4) is 11.8 Å². The minimum atomic E-state index is 0.656. The van der Waals surface area contributed by atoms with Crippen molar-refractivity contribution >= 4 is 0 Å². The second-order valence-electron chi connectivity index (χ2n) is 4.26. The SMILES string of the molecule is Cc1cccc(CCN)c1C#Cc1ccccc1. The second kappa shape index (κ2) is 6.05. The van der Waals surface area contributed by atoms with Crippen LogP contribution in [-0.4, -0.2) is 6.54 Å². The summed E-state index contributed by atoms with van der Waals surface area (Å²) < 4.78 is 0. The summed E-state index contributed by atoms with van der Waals surface area (Å²) >= 11 is 0. The molecule has 0 saturated heterocycles. The smallest absolute Gasteiger partial charge is 0.0310 e. The van der Waals surface area contributed by atoms with Gasteiger partial charge in [-0.1, -0.05) is 48.2 Å². The standard InChI is InChI=1S/C17H17N/c1-14-6-5-9-16(12-13-18)17(14)11-10-15-7-3-2-4-8-15/h2-9H,12-13,18H2,1H3. The summed E-state index contributed by atoms with van der Waals surface area (Å²) in [5, 5.41) is 0. The molecule has 0 saturated carbocycles. The van der Waals surface area contributed by atoms with E-state index in [1.54, 1.807) is 0 Å². The third kappa shape index (κ3) is 3.00. The van der Waals surface area contributed by atoms with Gasteiger partial charge in [0.15, 0.2) is 0 Å². The molecule has 2 N–H and O–H groups in total. The van der Waals surface area contributed by atoms with E-state index >= 15 is 0 Å². The Kier molecular flexibility index (Phi) is 4.17. The third-order valence-corrected chi connectivity index (χ3v) is 2.88. The Hall–Kier alpha value is -2.04. The number of benzene rings is 2. The molecule has 0 aliphatic rings. The molecule has 2 aromatic carbocycles. The van der Waals surface area contributed by atoms with Gasteiger partial charge in [0, 0.05) is 11.1 Å². The molecule has 0 unspecified atom stereocenters. The number of nitrogens with two attached hydrogens (primary N) is 1. The largest absolute Gasteiger partial charge is 0.330 e. The molecule has 0 bridgehead atoms. The lowest BCUT2D eigenvalue weighted by molar-refractivity contribution is 0.963. The normalized spacial score (nSPS) is 9.67. The van der Waals surface area contributed by atoms with Crippen LogP contribution in [0.3, 0.4) is 0 Å². The fraction of sp³-hybridized carbons (Fsp3) is 0.176. The number of aryl methyl sites for hydroxylation is 1. The third-order valence-electron chi connectivity index (χ3n) is 2.88. The quantitative estimate of drug-likeness (QED) is 0.796. The van der Waals surface area contributed by atoms with Gasteiger partial charge in [-0.2, -0.15) is 0 Å². The Labute approximate surface area is 109 Å². The van der Waals surface area contributed by atoms with Crippen molar-refractivity contribution in [2.24, 2.45) is 5.73 Å². The minimum Gasteiger partial charge on any atom is -0.330 e. The number of hydrogen-bond donors (Lipinski definition) is 1. The van der Waals surface area contributed by atoms with Gasteiger partial charge in [-0.25, -0.2) is 0 Å². The molecule has 0 radical (unpaired) electrons. The van der Waals surface area contributed by atoms with Crippen molar-refractivity contribution < 1.29 is 0 Å². The van der Waals surface area contributed by atoms with Crippen LogP contribution in [0.5, 0.6) is 0 Å². The van der Waals surface area contributed by atoms with Gasteiger partial charge < -0.3 is 5.73 Å². The van der Waals surface area contributed by atoms with Crippen LogP contribution in [0, 0.1) is 18.8 Å². The van der Waals surface area contributed by atoms with Gasteiger partial charge in [-0.3, -0.25) is 0 Å². The zero-order valence-corrected chi connectivity index (χ0v) is 10.6. The van der Waals surface area contributed by atoms with E-state index in [-0.39, 0.29) is 0 Å². The second-order valence-corrected chi connectivity index (χ2v) is 4.26. The van der Waals surface area contributed by atoms with Crippen LogP contribution in [0.25, 0.3) is 0 Å². The fourth-order valence-corrected chi connectivity index (χ4v) is 1.93. The average molecular weight is 235 g/mol. The van der Waals surface area contributed by atoms with Gasteiger partial charge in [0.2, 0.25) is 0 Å². The molecule has 0 heterocycles. The monoisotopic (exact) mass is 235 g/mol. The summed E-state index contributed by atoms with van der Waals surface area (Å²) in [7, 11) is 0. The van der Waals surface area contributed by atoms with Crippen LogP contribution in [0.1, 0.15) is 22.3 Å². The van der Waals surface area contributed by atoms with E-state index < -0.39 is 0 Å². The first-order valence-electron chi connectivity index (χ1n) is 6.17. The van der Waals surface area contributed by atoms with Crippen molar-refractivity contribution in [1.82, 2.24) is 0 Å². The Morgan fingerprint density at radius 1 is 0.944 bits per heavy atom. The van der Waals surface area contributed by atoms with Crippen molar-refractivity contribution in [1.29, 1.82) is 0 Å². The van der Waals surface area contributed by atoms with E-state index in [1.165, 1.54) is 11.1 Å². The highest BCUT2D eigenvalue weighted by atomic mass is 14.5. The average Bonchev–Trinajstić information content (AvgIpc) is 2.40. The number of hydrogen-bond acceptors (Lipinski definition) is 1. The summed E-state index contributed by atoms with van der Waals surface area (Å²) in [6.07, 6.45) is 0.875. The Morgan fingerprint density at radius 3 is 2.44 bits per heavy atom. The predicted octanol–water partition coefficient (Wildman–Crippen LogP) is 2.90. The zero-order chi connectivity index (χ0) is 12.8. The molecule has 2 aromatic rings. The van der Waals surface area contributed by atoms with Gasteiger partial charge in [0.1, 0.15) is 0 Å². The molecular weight excluding hydrogens is 218 g/mol. The van der Waals surface area contributed by atoms with Gasteiger partial charge >= 0.3 is 0 Å². The molecule has 0 aromatic heterocycles. The van der Waals surface area contributed by atoms with Crippen molar-refractivity contribution in [3.05, 3.63) is 70.8 Å². The molecule has 2 rings (SSSR count).